The van der Waals surface area contributed by atoms with Gasteiger partial charge in [0, 0.05) is 11.3 Å². The molecule has 1 saturated heterocycles. The standard InChI is InChI=1S/C16H26O2/c1-11-6-7-12-14(2,3)8-5-9-16(12)15(11,4)10-13(17)18-16/h11-12H,5-10H2,1-4H3/t11-,12+,15+,16+/m0/s1. The Morgan fingerprint density at radius 1 is 1.17 bits per heavy atom. The Hall–Kier alpha value is -0.530. The molecule has 0 radical (unpaired) electrons. The monoisotopic (exact) mass is 250 g/mol. The fourth-order valence-corrected chi connectivity index (χ4v) is 5.35. The molecular formula is C16H26O2. The summed E-state index contributed by atoms with van der Waals surface area (Å²) in [6, 6.07) is 0. The lowest BCUT2D eigenvalue weighted by Crippen LogP contribution is -2.61. The van der Waals surface area contributed by atoms with Crippen LogP contribution in [0, 0.1) is 22.7 Å². The minimum absolute atomic E-state index is 0.0500. The predicted octanol–water partition coefficient (Wildman–Crippen LogP) is 3.93. The van der Waals surface area contributed by atoms with Gasteiger partial charge in [-0.25, -0.2) is 0 Å². The van der Waals surface area contributed by atoms with Crippen LogP contribution in [0.4, 0.5) is 0 Å². The van der Waals surface area contributed by atoms with E-state index in [9.17, 15) is 4.79 Å². The van der Waals surface area contributed by atoms with Crippen molar-refractivity contribution in [2.45, 2.75) is 71.8 Å². The number of ether oxygens (including phenoxy) is 1. The molecule has 4 atom stereocenters. The second kappa shape index (κ2) is 3.52. The quantitative estimate of drug-likeness (QED) is 0.609. The van der Waals surface area contributed by atoms with Crippen molar-refractivity contribution in [1.29, 1.82) is 0 Å². The van der Waals surface area contributed by atoms with Crippen LogP contribution in [-0.2, 0) is 9.53 Å². The van der Waals surface area contributed by atoms with Crippen molar-refractivity contribution < 1.29 is 9.53 Å². The molecule has 0 N–H and O–H groups in total. The summed E-state index contributed by atoms with van der Waals surface area (Å²) >= 11 is 0. The van der Waals surface area contributed by atoms with Gasteiger partial charge in [0.25, 0.3) is 0 Å². The second-order valence-electron chi connectivity index (χ2n) is 7.83. The Morgan fingerprint density at radius 3 is 2.61 bits per heavy atom. The fraction of sp³-hybridized carbons (Fsp3) is 0.938. The van der Waals surface area contributed by atoms with E-state index in [1.165, 1.54) is 25.7 Å². The van der Waals surface area contributed by atoms with Crippen molar-refractivity contribution in [3.63, 3.8) is 0 Å². The van der Waals surface area contributed by atoms with E-state index in [1.54, 1.807) is 0 Å². The maximum atomic E-state index is 12.0. The predicted molar refractivity (Wildman–Crippen MR) is 71.1 cm³/mol. The van der Waals surface area contributed by atoms with Crippen LogP contribution in [0.2, 0.25) is 0 Å². The number of esters is 1. The molecule has 2 nitrogen and oxygen atoms in total. The first-order chi connectivity index (χ1) is 8.32. The summed E-state index contributed by atoms with van der Waals surface area (Å²) in [5, 5.41) is 0. The van der Waals surface area contributed by atoms with Gasteiger partial charge in [-0.15, -0.1) is 0 Å². The third kappa shape index (κ3) is 1.32. The Labute approximate surface area is 110 Å². The highest BCUT2D eigenvalue weighted by Crippen LogP contribution is 2.66. The largest absolute Gasteiger partial charge is 0.458 e. The SMILES string of the molecule is C[C@H]1CC[C@@H]2C(C)(C)CCC[C@@]23OC(=O)C[C@]13C. The zero-order valence-corrected chi connectivity index (χ0v) is 12.2. The number of carbonyl (C=O) groups excluding carboxylic acids is 1. The first kappa shape index (κ1) is 12.5. The number of hydrogen-bond acceptors (Lipinski definition) is 2. The van der Waals surface area contributed by atoms with Gasteiger partial charge in [-0.3, -0.25) is 4.79 Å². The van der Waals surface area contributed by atoms with Crippen LogP contribution >= 0.6 is 0 Å². The van der Waals surface area contributed by atoms with Crippen LogP contribution in [0.1, 0.15) is 66.2 Å². The van der Waals surface area contributed by atoms with Gasteiger partial charge in [0.05, 0.1) is 6.42 Å². The van der Waals surface area contributed by atoms with E-state index in [0.717, 1.165) is 6.42 Å². The normalized spacial score (nSPS) is 50.3. The summed E-state index contributed by atoms with van der Waals surface area (Å²) in [5.74, 6) is 1.22. The zero-order chi connectivity index (χ0) is 13.2. The average Bonchev–Trinajstić information content (AvgIpc) is 2.50. The molecule has 1 heterocycles. The third-order valence-electron chi connectivity index (χ3n) is 6.63. The molecule has 0 unspecified atom stereocenters. The first-order valence-electron chi connectivity index (χ1n) is 7.54. The molecule has 2 saturated carbocycles. The van der Waals surface area contributed by atoms with Gasteiger partial charge >= 0.3 is 5.97 Å². The summed E-state index contributed by atoms with van der Waals surface area (Å²) in [5.41, 5.74) is 0.248. The molecule has 2 heteroatoms. The van der Waals surface area contributed by atoms with E-state index in [1.807, 2.05) is 0 Å². The summed E-state index contributed by atoms with van der Waals surface area (Å²) < 4.78 is 6.03. The van der Waals surface area contributed by atoms with E-state index in [-0.39, 0.29) is 17.0 Å². The van der Waals surface area contributed by atoms with Gasteiger partial charge < -0.3 is 4.74 Å². The van der Waals surface area contributed by atoms with Gasteiger partial charge in [-0.2, -0.15) is 0 Å². The summed E-state index contributed by atoms with van der Waals surface area (Å²) in [7, 11) is 0. The molecule has 102 valence electrons. The molecule has 0 aromatic rings. The topological polar surface area (TPSA) is 26.3 Å². The minimum atomic E-state index is -0.149. The average molecular weight is 250 g/mol. The van der Waals surface area contributed by atoms with E-state index >= 15 is 0 Å². The molecule has 1 aliphatic heterocycles. The van der Waals surface area contributed by atoms with Crippen LogP contribution in [-0.4, -0.2) is 11.6 Å². The Balaban J connectivity index is 2.10. The highest BCUT2D eigenvalue weighted by molar-refractivity contribution is 5.74. The zero-order valence-electron chi connectivity index (χ0n) is 12.2. The molecule has 2 aliphatic carbocycles. The van der Waals surface area contributed by atoms with E-state index in [2.05, 4.69) is 27.7 Å². The van der Waals surface area contributed by atoms with E-state index in [0.29, 0.717) is 23.7 Å². The number of hydrogen-bond donors (Lipinski definition) is 0. The maximum absolute atomic E-state index is 12.0. The summed E-state index contributed by atoms with van der Waals surface area (Å²) in [6.45, 7) is 9.39. The molecular weight excluding hydrogens is 224 g/mol. The van der Waals surface area contributed by atoms with Gasteiger partial charge in [0.1, 0.15) is 5.60 Å². The van der Waals surface area contributed by atoms with Crippen molar-refractivity contribution in [2.24, 2.45) is 22.7 Å². The van der Waals surface area contributed by atoms with Crippen molar-refractivity contribution in [3.8, 4) is 0 Å². The fourth-order valence-electron chi connectivity index (χ4n) is 5.35. The van der Waals surface area contributed by atoms with Crippen LogP contribution < -0.4 is 0 Å². The van der Waals surface area contributed by atoms with E-state index in [4.69, 9.17) is 4.74 Å². The lowest BCUT2D eigenvalue weighted by molar-refractivity contribution is -0.202. The lowest BCUT2D eigenvalue weighted by Gasteiger charge is -2.60. The van der Waals surface area contributed by atoms with Crippen LogP contribution in [0.15, 0.2) is 0 Å². The lowest BCUT2D eigenvalue weighted by atomic mass is 9.46. The highest BCUT2D eigenvalue weighted by atomic mass is 16.6. The molecule has 0 aromatic heterocycles. The van der Waals surface area contributed by atoms with Gasteiger partial charge in [0.15, 0.2) is 0 Å². The van der Waals surface area contributed by atoms with Crippen molar-refractivity contribution >= 4 is 5.97 Å². The number of carbonyl (C=O) groups is 1. The number of rotatable bonds is 0. The smallest absolute Gasteiger partial charge is 0.307 e. The molecule has 0 aromatic carbocycles. The van der Waals surface area contributed by atoms with Crippen molar-refractivity contribution in [3.05, 3.63) is 0 Å². The van der Waals surface area contributed by atoms with Gasteiger partial charge in [-0.1, -0.05) is 27.7 Å². The molecule has 3 rings (SSSR count). The van der Waals surface area contributed by atoms with Gasteiger partial charge in [0.2, 0.25) is 0 Å². The Kier molecular flexibility index (Phi) is 2.44. The summed E-state index contributed by atoms with van der Waals surface area (Å²) in [4.78, 5) is 12.0. The first-order valence-corrected chi connectivity index (χ1v) is 7.54. The van der Waals surface area contributed by atoms with Crippen LogP contribution in [0.25, 0.3) is 0 Å². The molecule has 0 amide bonds. The van der Waals surface area contributed by atoms with Crippen LogP contribution in [0.3, 0.4) is 0 Å². The Morgan fingerprint density at radius 2 is 1.89 bits per heavy atom. The van der Waals surface area contributed by atoms with Gasteiger partial charge in [-0.05, 0) is 43.4 Å². The molecule has 3 aliphatic rings. The maximum Gasteiger partial charge on any atom is 0.307 e. The Bertz CT molecular complexity index is 387. The molecule has 0 bridgehead atoms. The molecule has 1 spiro atoms. The van der Waals surface area contributed by atoms with Crippen LogP contribution in [0.5, 0.6) is 0 Å². The van der Waals surface area contributed by atoms with Crippen molar-refractivity contribution in [2.75, 3.05) is 0 Å². The van der Waals surface area contributed by atoms with Crippen molar-refractivity contribution in [1.82, 2.24) is 0 Å². The second-order valence-corrected chi connectivity index (χ2v) is 7.83. The highest BCUT2D eigenvalue weighted by Gasteiger charge is 2.68. The summed E-state index contributed by atoms with van der Waals surface area (Å²) in [6.07, 6.45) is 6.70. The minimum Gasteiger partial charge on any atom is -0.458 e. The third-order valence-corrected chi connectivity index (χ3v) is 6.63. The molecule has 3 fully saturated rings. The van der Waals surface area contributed by atoms with E-state index < -0.39 is 0 Å². The molecule has 18 heavy (non-hydrogen) atoms.